The van der Waals surface area contributed by atoms with Gasteiger partial charge in [0.15, 0.2) is 0 Å². The Morgan fingerprint density at radius 3 is 0.500 bits per heavy atom. The van der Waals surface area contributed by atoms with E-state index in [0.717, 1.165) is 0 Å². The first-order valence-corrected chi connectivity index (χ1v) is 4.00. The van der Waals surface area contributed by atoms with Gasteiger partial charge in [0.25, 0.3) is 0 Å². The Kier molecular flexibility index (Phi) is 71.7. The van der Waals surface area contributed by atoms with Crippen LogP contribution in [0.15, 0.2) is 0 Å². The molecule has 0 aromatic rings. The van der Waals surface area contributed by atoms with Crippen LogP contribution in [0.25, 0.3) is 0 Å². The zero-order chi connectivity index (χ0) is 9.00. The molecule has 0 rings (SSSR count). The van der Waals surface area contributed by atoms with E-state index >= 15 is 0 Å². The van der Waals surface area contributed by atoms with E-state index in [1.807, 2.05) is 0 Å². The molecule has 0 bridgehead atoms. The summed E-state index contributed by atoms with van der Waals surface area (Å²) < 4.78 is 68.2. The van der Waals surface area contributed by atoms with Gasteiger partial charge in [0, 0.05) is 20.8 Å². The minimum absolute atomic E-state index is 0. The number of rotatable bonds is 0. The van der Waals surface area contributed by atoms with Crippen molar-refractivity contribution in [1.29, 1.82) is 0 Å². The molecule has 13 nitrogen and oxygen atoms in total. The van der Waals surface area contributed by atoms with Gasteiger partial charge in [-0.1, -0.05) is 0 Å². The Morgan fingerprint density at radius 1 is 0.500 bits per heavy atom. The molecule has 0 atom stereocenters. The smallest absolute Gasteiger partial charge is 0.759 e. The van der Waals surface area contributed by atoms with Crippen LogP contribution in [-0.2, 0) is 37.9 Å². The first kappa shape index (κ1) is 56.1. The van der Waals surface area contributed by atoms with E-state index in [9.17, 15) is 0 Å². The van der Waals surface area contributed by atoms with Crippen molar-refractivity contribution < 1.29 is 79.5 Å². The average Bonchev–Trinajstić information content (AvgIpc) is 1.12. The second-order valence-corrected chi connectivity index (χ2v) is 2.45. The molecule has 1 radical (unpaired) electrons. The third-order valence-electron chi connectivity index (χ3n) is 0. The van der Waals surface area contributed by atoms with Crippen molar-refractivity contribution in [3.05, 3.63) is 0 Å². The quantitative estimate of drug-likeness (QED) is 0.231. The SMILES string of the molecule is O.O.O.O.O.O=S(=O)([O-])[O-].O=S(=O)([O-])[O-].[Mn+4]. The molecular weight excluding hydrogens is 327 g/mol. The second-order valence-electron chi connectivity index (χ2n) is 0.816. The van der Waals surface area contributed by atoms with Crippen LogP contribution in [0.4, 0.5) is 0 Å². The minimum Gasteiger partial charge on any atom is -0.759 e. The van der Waals surface area contributed by atoms with Crippen molar-refractivity contribution in [3.63, 3.8) is 0 Å². The molecule has 0 amide bonds. The van der Waals surface area contributed by atoms with Crippen LogP contribution in [0.1, 0.15) is 0 Å². The van der Waals surface area contributed by atoms with E-state index in [4.69, 9.17) is 35.0 Å². The van der Waals surface area contributed by atoms with Crippen LogP contribution >= 0.6 is 0 Å². The van der Waals surface area contributed by atoms with E-state index in [2.05, 4.69) is 0 Å². The average molecular weight is 337 g/mol. The molecule has 0 aliphatic carbocycles. The Balaban J connectivity index is -0.00000000970. The van der Waals surface area contributed by atoms with Gasteiger partial charge >= 0.3 is 17.1 Å². The summed E-state index contributed by atoms with van der Waals surface area (Å²) in [7, 11) is -10.3. The molecule has 0 saturated carbocycles. The number of hydrogen-bond acceptors (Lipinski definition) is 8. The Hall–Kier alpha value is 0.0595. The fraction of sp³-hybridized carbons (Fsp3) is 0. The van der Waals surface area contributed by atoms with Gasteiger partial charge in [-0.05, 0) is 0 Å². The maximum atomic E-state index is 8.52. The summed E-state index contributed by atoms with van der Waals surface area (Å²) in [6, 6.07) is 0. The summed E-state index contributed by atoms with van der Waals surface area (Å²) in [4.78, 5) is 0. The standard InChI is InChI=1S/Mn.2H2O4S.5H2O/c;2*1-5(2,3)4;;;;;/h;2*(H2,1,2,3,4);5*1H2/q+4;;;;;;;/p-4. The van der Waals surface area contributed by atoms with Gasteiger partial charge < -0.3 is 45.6 Å². The zero-order valence-electron chi connectivity index (χ0n) is 6.96. The summed E-state index contributed by atoms with van der Waals surface area (Å²) in [6.45, 7) is 0. The molecule has 0 aromatic heterocycles. The second kappa shape index (κ2) is 20.5. The monoisotopic (exact) mass is 337 g/mol. The molecule has 16 heavy (non-hydrogen) atoms. The summed E-state index contributed by atoms with van der Waals surface area (Å²) in [5.74, 6) is 0. The van der Waals surface area contributed by atoms with E-state index in [1.165, 1.54) is 0 Å². The van der Waals surface area contributed by atoms with Gasteiger partial charge in [0.05, 0.1) is 0 Å². The van der Waals surface area contributed by atoms with Crippen LogP contribution in [0, 0.1) is 0 Å². The molecule has 0 unspecified atom stereocenters. The molecule has 107 valence electrons. The van der Waals surface area contributed by atoms with Crippen molar-refractivity contribution in [3.8, 4) is 0 Å². The molecular formula is H10MnO13S2. The van der Waals surface area contributed by atoms with Crippen LogP contribution in [-0.4, -0.2) is 62.4 Å². The van der Waals surface area contributed by atoms with Crippen molar-refractivity contribution in [2.75, 3.05) is 0 Å². The van der Waals surface area contributed by atoms with Crippen molar-refractivity contribution in [2.24, 2.45) is 0 Å². The summed E-state index contributed by atoms with van der Waals surface area (Å²) in [5, 5.41) is 0. The molecule has 0 aliphatic rings. The van der Waals surface area contributed by atoms with Gasteiger partial charge in [0.1, 0.15) is 0 Å². The molecule has 0 heterocycles. The van der Waals surface area contributed by atoms with E-state index in [0.29, 0.717) is 0 Å². The predicted molar refractivity (Wildman–Crippen MR) is 39.0 cm³/mol. The zero-order valence-corrected chi connectivity index (χ0v) is 9.77. The fourth-order valence-corrected chi connectivity index (χ4v) is 0. The van der Waals surface area contributed by atoms with Gasteiger partial charge in [-0.25, -0.2) is 0 Å². The summed E-state index contributed by atoms with van der Waals surface area (Å²) in [5.41, 5.74) is 0. The molecule has 0 aliphatic heterocycles. The van der Waals surface area contributed by atoms with E-state index < -0.39 is 20.8 Å². The van der Waals surface area contributed by atoms with Gasteiger partial charge in [-0.3, -0.25) is 16.8 Å². The Morgan fingerprint density at radius 2 is 0.500 bits per heavy atom. The molecule has 0 fully saturated rings. The third kappa shape index (κ3) is 678000. The molecule has 0 spiro atoms. The predicted octanol–water partition coefficient (Wildman–Crippen LogP) is -6.80. The van der Waals surface area contributed by atoms with Crippen molar-refractivity contribution in [1.82, 2.24) is 0 Å². The first-order valence-electron chi connectivity index (χ1n) is 1.33. The maximum Gasteiger partial charge on any atom is 4.00 e. The molecule has 16 heteroatoms. The van der Waals surface area contributed by atoms with E-state index in [1.54, 1.807) is 0 Å². The normalized spacial score (nSPS) is 7.25. The molecule has 0 aromatic carbocycles. The molecule has 0 saturated heterocycles. The fourth-order valence-electron chi connectivity index (χ4n) is 0. The number of hydrogen-bond donors (Lipinski definition) is 0. The molecule has 10 N–H and O–H groups in total. The summed E-state index contributed by atoms with van der Waals surface area (Å²) in [6.07, 6.45) is 0. The van der Waals surface area contributed by atoms with Crippen molar-refractivity contribution >= 4 is 20.8 Å². The largest absolute Gasteiger partial charge is 4.00 e. The van der Waals surface area contributed by atoms with Gasteiger partial charge in [-0.2, -0.15) is 0 Å². The van der Waals surface area contributed by atoms with Crippen LogP contribution < -0.4 is 0 Å². The van der Waals surface area contributed by atoms with Crippen molar-refractivity contribution in [2.45, 2.75) is 0 Å². The Labute approximate surface area is 101 Å². The van der Waals surface area contributed by atoms with Crippen LogP contribution in [0.2, 0.25) is 0 Å². The Bertz CT molecular complexity index is 210. The topological polar surface area (TPSA) is 318 Å². The van der Waals surface area contributed by atoms with E-state index in [-0.39, 0.29) is 44.4 Å². The van der Waals surface area contributed by atoms with Crippen LogP contribution in [0.5, 0.6) is 0 Å². The van der Waals surface area contributed by atoms with Crippen LogP contribution in [0.3, 0.4) is 0 Å². The first-order chi connectivity index (χ1) is 4.00. The summed E-state index contributed by atoms with van der Waals surface area (Å²) >= 11 is 0. The minimum atomic E-state index is -5.17. The third-order valence-corrected chi connectivity index (χ3v) is 0. The van der Waals surface area contributed by atoms with Gasteiger partial charge in [-0.15, -0.1) is 0 Å². The maximum absolute atomic E-state index is 8.52. The van der Waals surface area contributed by atoms with Gasteiger partial charge in [0.2, 0.25) is 0 Å².